The standard InChI is InChI=1S/C17H27NO2/c1-5-12-18-16(19)7-6-13-20-15-10-8-14(9-11-15)17(2,3)4/h8-11H,5-7,12-13H2,1-4H3,(H,18,19). The lowest BCUT2D eigenvalue weighted by molar-refractivity contribution is -0.121. The molecule has 112 valence electrons. The minimum atomic E-state index is 0.110. The highest BCUT2D eigenvalue weighted by Gasteiger charge is 2.12. The van der Waals surface area contributed by atoms with Crippen LogP contribution in [0.5, 0.6) is 5.75 Å². The van der Waals surface area contributed by atoms with E-state index in [1.54, 1.807) is 0 Å². The van der Waals surface area contributed by atoms with Gasteiger partial charge < -0.3 is 10.1 Å². The summed E-state index contributed by atoms with van der Waals surface area (Å²) in [6.45, 7) is 9.96. The van der Waals surface area contributed by atoms with Crippen molar-refractivity contribution >= 4 is 5.91 Å². The van der Waals surface area contributed by atoms with E-state index in [4.69, 9.17) is 4.74 Å². The minimum Gasteiger partial charge on any atom is -0.494 e. The minimum absolute atomic E-state index is 0.110. The number of benzene rings is 1. The molecule has 0 aromatic heterocycles. The van der Waals surface area contributed by atoms with Crippen LogP contribution < -0.4 is 10.1 Å². The second-order valence-corrected chi connectivity index (χ2v) is 6.08. The van der Waals surface area contributed by atoms with Gasteiger partial charge in [-0.2, -0.15) is 0 Å². The van der Waals surface area contributed by atoms with Gasteiger partial charge in [-0.15, -0.1) is 0 Å². The molecule has 0 heterocycles. The molecule has 0 aliphatic carbocycles. The van der Waals surface area contributed by atoms with Crippen LogP contribution in [-0.4, -0.2) is 19.1 Å². The maximum atomic E-state index is 11.4. The SMILES string of the molecule is CCCNC(=O)CCCOc1ccc(C(C)(C)C)cc1. The monoisotopic (exact) mass is 277 g/mol. The molecule has 1 amide bonds. The van der Waals surface area contributed by atoms with Gasteiger partial charge in [0.25, 0.3) is 0 Å². The average Bonchev–Trinajstić information content (AvgIpc) is 2.41. The van der Waals surface area contributed by atoms with Crippen LogP contribution in [0.15, 0.2) is 24.3 Å². The number of ether oxygens (including phenoxy) is 1. The van der Waals surface area contributed by atoms with E-state index in [0.717, 1.165) is 25.1 Å². The summed E-state index contributed by atoms with van der Waals surface area (Å²) in [5.74, 6) is 0.977. The molecule has 1 rings (SSSR count). The van der Waals surface area contributed by atoms with E-state index >= 15 is 0 Å². The molecule has 1 aromatic rings. The number of nitrogens with one attached hydrogen (secondary N) is 1. The molecule has 3 nitrogen and oxygen atoms in total. The smallest absolute Gasteiger partial charge is 0.220 e. The third kappa shape index (κ3) is 6.09. The van der Waals surface area contributed by atoms with Gasteiger partial charge in [0.2, 0.25) is 5.91 Å². The van der Waals surface area contributed by atoms with Crippen LogP contribution in [0, 0.1) is 0 Å². The van der Waals surface area contributed by atoms with Gasteiger partial charge in [0.1, 0.15) is 5.75 Å². The molecule has 0 saturated heterocycles. The van der Waals surface area contributed by atoms with Crippen molar-refractivity contribution in [3.05, 3.63) is 29.8 Å². The summed E-state index contributed by atoms with van der Waals surface area (Å²) < 4.78 is 5.65. The summed E-state index contributed by atoms with van der Waals surface area (Å²) in [5, 5.41) is 2.86. The summed E-state index contributed by atoms with van der Waals surface area (Å²) in [6, 6.07) is 8.20. The van der Waals surface area contributed by atoms with Crippen molar-refractivity contribution in [1.82, 2.24) is 5.32 Å². The fourth-order valence-corrected chi connectivity index (χ4v) is 1.83. The van der Waals surface area contributed by atoms with Crippen molar-refractivity contribution in [1.29, 1.82) is 0 Å². The number of hydrogen-bond acceptors (Lipinski definition) is 2. The summed E-state index contributed by atoms with van der Waals surface area (Å²) >= 11 is 0. The predicted molar refractivity (Wildman–Crippen MR) is 83.2 cm³/mol. The fraction of sp³-hybridized carbons (Fsp3) is 0.588. The Morgan fingerprint density at radius 1 is 1.20 bits per heavy atom. The zero-order valence-corrected chi connectivity index (χ0v) is 13.2. The summed E-state index contributed by atoms with van der Waals surface area (Å²) in [5.41, 5.74) is 1.46. The molecule has 1 N–H and O–H groups in total. The van der Waals surface area contributed by atoms with E-state index in [1.165, 1.54) is 5.56 Å². The van der Waals surface area contributed by atoms with Crippen molar-refractivity contribution in [2.24, 2.45) is 0 Å². The quantitative estimate of drug-likeness (QED) is 0.772. The number of carbonyl (C=O) groups excluding carboxylic acids is 1. The molecular weight excluding hydrogens is 250 g/mol. The second kappa shape index (κ2) is 7.93. The lowest BCUT2D eigenvalue weighted by atomic mass is 9.87. The van der Waals surface area contributed by atoms with Gasteiger partial charge in [-0.3, -0.25) is 4.79 Å². The van der Waals surface area contributed by atoms with Gasteiger partial charge in [-0.1, -0.05) is 39.8 Å². The predicted octanol–water partition coefficient (Wildman–Crippen LogP) is 3.67. The first-order valence-electron chi connectivity index (χ1n) is 7.43. The van der Waals surface area contributed by atoms with Gasteiger partial charge in [0.05, 0.1) is 6.61 Å². The molecule has 0 bridgehead atoms. The topological polar surface area (TPSA) is 38.3 Å². The normalized spacial score (nSPS) is 11.2. The Bertz CT molecular complexity index is 404. The molecule has 0 saturated carbocycles. The summed E-state index contributed by atoms with van der Waals surface area (Å²) in [4.78, 5) is 11.4. The van der Waals surface area contributed by atoms with Crippen molar-refractivity contribution in [3.63, 3.8) is 0 Å². The van der Waals surface area contributed by atoms with Gasteiger partial charge in [0.15, 0.2) is 0 Å². The van der Waals surface area contributed by atoms with Crippen LogP contribution in [-0.2, 0) is 10.2 Å². The molecule has 0 aliphatic rings. The fourth-order valence-electron chi connectivity index (χ4n) is 1.83. The molecular formula is C17H27NO2. The molecule has 0 radical (unpaired) electrons. The number of hydrogen-bond donors (Lipinski definition) is 1. The highest BCUT2D eigenvalue weighted by Crippen LogP contribution is 2.24. The summed E-state index contributed by atoms with van der Waals surface area (Å²) in [6.07, 6.45) is 2.25. The van der Waals surface area contributed by atoms with Gasteiger partial charge in [0, 0.05) is 13.0 Å². The van der Waals surface area contributed by atoms with E-state index < -0.39 is 0 Å². The van der Waals surface area contributed by atoms with Crippen LogP contribution in [0.2, 0.25) is 0 Å². The first kappa shape index (κ1) is 16.5. The Balaban J connectivity index is 2.27. The third-order valence-electron chi connectivity index (χ3n) is 3.11. The Kier molecular flexibility index (Phi) is 6.56. The first-order chi connectivity index (χ1) is 9.43. The Morgan fingerprint density at radius 2 is 1.85 bits per heavy atom. The Morgan fingerprint density at radius 3 is 2.40 bits per heavy atom. The summed E-state index contributed by atoms with van der Waals surface area (Å²) in [7, 11) is 0. The highest BCUT2D eigenvalue weighted by atomic mass is 16.5. The molecule has 0 spiro atoms. The second-order valence-electron chi connectivity index (χ2n) is 6.08. The number of rotatable bonds is 7. The molecule has 0 unspecified atom stereocenters. The molecule has 1 aromatic carbocycles. The average molecular weight is 277 g/mol. The van der Waals surface area contributed by atoms with Gasteiger partial charge in [-0.05, 0) is 36.0 Å². The zero-order chi connectivity index (χ0) is 15.0. The van der Waals surface area contributed by atoms with Crippen molar-refractivity contribution in [3.8, 4) is 5.75 Å². The van der Waals surface area contributed by atoms with Crippen LogP contribution in [0.25, 0.3) is 0 Å². The zero-order valence-electron chi connectivity index (χ0n) is 13.2. The van der Waals surface area contributed by atoms with E-state index in [1.807, 2.05) is 19.1 Å². The lowest BCUT2D eigenvalue weighted by Crippen LogP contribution is -2.24. The lowest BCUT2D eigenvalue weighted by Gasteiger charge is -2.19. The van der Waals surface area contributed by atoms with E-state index in [9.17, 15) is 4.79 Å². The maximum absolute atomic E-state index is 11.4. The molecule has 20 heavy (non-hydrogen) atoms. The maximum Gasteiger partial charge on any atom is 0.220 e. The van der Waals surface area contributed by atoms with Gasteiger partial charge >= 0.3 is 0 Å². The van der Waals surface area contributed by atoms with Crippen LogP contribution in [0.3, 0.4) is 0 Å². The highest BCUT2D eigenvalue weighted by molar-refractivity contribution is 5.75. The van der Waals surface area contributed by atoms with Crippen molar-refractivity contribution in [2.75, 3.05) is 13.2 Å². The van der Waals surface area contributed by atoms with Crippen molar-refractivity contribution < 1.29 is 9.53 Å². The van der Waals surface area contributed by atoms with E-state index in [-0.39, 0.29) is 11.3 Å². The first-order valence-corrected chi connectivity index (χ1v) is 7.43. The molecule has 0 fully saturated rings. The number of carbonyl (C=O) groups is 1. The Labute approximate surface area is 122 Å². The van der Waals surface area contributed by atoms with E-state index in [2.05, 4.69) is 38.2 Å². The number of amides is 1. The van der Waals surface area contributed by atoms with Gasteiger partial charge in [-0.25, -0.2) is 0 Å². The van der Waals surface area contributed by atoms with Crippen molar-refractivity contribution in [2.45, 2.75) is 52.4 Å². The van der Waals surface area contributed by atoms with Crippen LogP contribution >= 0.6 is 0 Å². The Hall–Kier alpha value is -1.51. The largest absolute Gasteiger partial charge is 0.494 e. The molecule has 0 atom stereocenters. The van der Waals surface area contributed by atoms with E-state index in [0.29, 0.717) is 13.0 Å². The third-order valence-corrected chi connectivity index (χ3v) is 3.11. The van der Waals surface area contributed by atoms with Crippen LogP contribution in [0.4, 0.5) is 0 Å². The molecule has 3 heteroatoms. The van der Waals surface area contributed by atoms with Crippen LogP contribution in [0.1, 0.15) is 52.5 Å². The molecule has 0 aliphatic heterocycles.